The number of hydrogen-bond donors (Lipinski definition) is 1. The lowest BCUT2D eigenvalue weighted by Crippen LogP contribution is -2.31. The number of hydrogen-bond acceptors (Lipinski definition) is 1. The van der Waals surface area contributed by atoms with Crippen LogP contribution >= 0.6 is 0 Å². The molecule has 0 amide bonds. The maximum Gasteiger partial charge on any atom is 0.0505 e. The highest BCUT2D eigenvalue weighted by Crippen LogP contribution is 2.35. The Morgan fingerprint density at radius 1 is 1.29 bits per heavy atom. The summed E-state index contributed by atoms with van der Waals surface area (Å²) in [7, 11) is 0. The molecule has 1 aliphatic rings. The Kier molecular flexibility index (Phi) is 3.03. The van der Waals surface area contributed by atoms with E-state index in [4.69, 9.17) is 0 Å². The number of nitrogens with one attached hydrogen (secondary N) is 1. The van der Waals surface area contributed by atoms with Crippen molar-refractivity contribution in [1.29, 1.82) is 0 Å². The predicted octanol–water partition coefficient (Wildman–Crippen LogP) is 4.81. The Hall–Kier alpha value is -1.24. The summed E-state index contributed by atoms with van der Waals surface area (Å²) in [4.78, 5) is 0. The highest BCUT2D eigenvalue weighted by molar-refractivity contribution is 5.80. The largest absolute Gasteiger partial charge is 0.376 e. The predicted molar refractivity (Wildman–Crippen MR) is 76.5 cm³/mol. The van der Waals surface area contributed by atoms with Crippen molar-refractivity contribution in [2.45, 2.75) is 52.5 Å². The van der Waals surface area contributed by atoms with Crippen LogP contribution in [0.25, 0.3) is 5.57 Å². The van der Waals surface area contributed by atoms with Crippen molar-refractivity contribution in [2.75, 3.05) is 5.32 Å². The van der Waals surface area contributed by atoms with Crippen molar-refractivity contribution in [3.63, 3.8) is 0 Å². The zero-order valence-electron chi connectivity index (χ0n) is 11.6. The van der Waals surface area contributed by atoms with Gasteiger partial charge in [-0.3, -0.25) is 0 Å². The first-order valence-corrected chi connectivity index (χ1v) is 6.55. The lowest BCUT2D eigenvalue weighted by molar-refractivity contribution is 0.705. The van der Waals surface area contributed by atoms with Gasteiger partial charge in [-0.25, -0.2) is 0 Å². The molecule has 1 aromatic carbocycles. The van der Waals surface area contributed by atoms with E-state index < -0.39 is 0 Å². The van der Waals surface area contributed by atoms with Crippen LogP contribution in [0.1, 0.15) is 58.1 Å². The Morgan fingerprint density at radius 2 is 2.00 bits per heavy atom. The third-order valence-corrected chi connectivity index (χ3v) is 3.68. The zero-order chi connectivity index (χ0) is 12.6. The minimum atomic E-state index is 0.0645. The van der Waals surface area contributed by atoms with Crippen LogP contribution in [0.5, 0.6) is 0 Å². The molecular formula is C16H23N. The van der Waals surface area contributed by atoms with Crippen molar-refractivity contribution >= 4 is 11.3 Å². The molecule has 1 N–H and O–H groups in total. The first-order chi connectivity index (χ1) is 7.93. The molecule has 0 saturated carbocycles. The summed E-state index contributed by atoms with van der Waals surface area (Å²) < 4.78 is 0. The molecule has 0 radical (unpaired) electrons. The van der Waals surface area contributed by atoms with Crippen molar-refractivity contribution in [3.05, 3.63) is 35.4 Å². The fourth-order valence-corrected chi connectivity index (χ4v) is 2.54. The van der Waals surface area contributed by atoms with Gasteiger partial charge < -0.3 is 5.32 Å². The molecule has 0 spiro atoms. The van der Waals surface area contributed by atoms with E-state index in [0.29, 0.717) is 5.92 Å². The van der Waals surface area contributed by atoms with E-state index in [-0.39, 0.29) is 5.54 Å². The molecule has 1 atom stereocenters. The van der Waals surface area contributed by atoms with Gasteiger partial charge in [0.05, 0.1) is 5.54 Å². The Labute approximate surface area is 105 Å². The molecule has 2 rings (SSSR count). The molecule has 1 heterocycles. The van der Waals surface area contributed by atoms with Gasteiger partial charge in [-0.1, -0.05) is 26.0 Å². The second-order valence-electron chi connectivity index (χ2n) is 5.79. The summed E-state index contributed by atoms with van der Waals surface area (Å²) in [5.74, 6) is 0.642. The summed E-state index contributed by atoms with van der Waals surface area (Å²) in [5.41, 5.74) is 5.52. The molecule has 0 bridgehead atoms. The van der Waals surface area contributed by atoms with E-state index in [0.717, 1.165) is 0 Å². The summed E-state index contributed by atoms with van der Waals surface area (Å²) in [6.45, 7) is 11.2. The van der Waals surface area contributed by atoms with E-state index >= 15 is 0 Å². The average Bonchev–Trinajstić information content (AvgIpc) is 2.26. The SMILES string of the molecule is CC[C@H](C)c1ccc2c(c1)C(C)=CC(C)(C)N2. The number of anilines is 1. The Bertz CT molecular complexity index is 455. The summed E-state index contributed by atoms with van der Waals surface area (Å²) >= 11 is 0. The molecule has 1 aromatic rings. The van der Waals surface area contributed by atoms with Crippen LogP contribution in [0.15, 0.2) is 24.3 Å². The molecule has 0 saturated heterocycles. The summed E-state index contributed by atoms with van der Waals surface area (Å²) in [6.07, 6.45) is 3.51. The van der Waals surface area contributed by atoms with E-state index in [1.165, 1.54) is 28.8 Å². The lowest BCUT2D eigenvalue weighted by atomic mass is 9.88. The average molecular weight is 229 g/mol. The highest BCUT2D eigenvalue weighted by atomic mass is 15.0. The zero-order valence-corrected chi connectivity index (χ0v) is 11.6. The van der Waals surface area contributed by atoms with Crippen LogP contribution in [0.4, 0.5) is 5.69 Å². The Morgan fingerprint density at radius 3 is 2.65 bits per heavy atom. The van der Waals surface area contributed by atoms with Crippen molar-refractivity contribution in [2.24, 2.45) is 0 Å². The van der Waals surface area contributed by atoms with Crippen molar-refractivity contribution < 1.29 is 0 Å². The molecule has 0 aromatic heterocycles. The quantitative estimate of drug-likeness (QED) is 0.767. The molecule has 0 aliphatic carbocycles. The fraction of sp³-hybridized carbons (Fsp3) is 0.500. The van der Waals surface area contributed by atoms with Gasteiger partial charge in [0.25, 0.3) is 0 Å². The molecule has 17 heavy (non-hydrogen) atoms. The van der Waals surface area contributed by atoms with Crippen LogP contribution in [-0.4, -0.2) is 5.54 Å². The molecule has 92 valence electrons. The number of rotatable bonds is 2. The standard InChI is InChI=1S/C16H23N/c1-6-11(2)13-7-8-15-14(9-13)12(3)10-16(4,5)17-15/h7-11,17H,6H2,1-5H3/t11-/m0/s1. The van der Waals surface area contributed by atoms with Gasteiger partial charge in [-0.05, 0) is 56.4 Å². The van der Waals surface area contributed by atoms with Crippen LogP contribution < -0.4 is 5.32 Å². The summed E-state index contributed by atoms with van der Waals surface area (Å²) in [6, 6.07) is 6.83. The first-order valence-electron chi connectivity index (χ1n) is 6.55. The molecule has 1 aliphatic heterocycles. The van der Waals surface area contributed by atoms with Gasteiger partial charge >= 0.3 is 0 Å². The number of benzene rings is 1. The number of fused-ring (bicyclic) bond motifs is 1. The third-order valence-electron chi connectivity index (χ3n) is 3.68. The summed E-state index contributed by atoms with van der Waals surface area (Å²) in [5, 5.41) is 3.57. The van der Waals surface area contributed by atoms with E-state index in [2.05, 4.69) is 64.2 Å². The van der Waals surface area contributed by atoms with Gasteiger partial charge in [0.2, 0.25) is 0 Å². The van der Waals surface area contributed by atoms with Crippen LogP contribution in [0.2, 0.25) is 0 Å². The van der Waals surface area contributed by atoms with Gasteiger partial charge in [0.15, 0.2) is 0 Å². The van der Waals surface area contributed by atoms with Gasteiger partial charge in [-0.15, -0.1) is 0 Å². The van der Waals surface area contributed by atoms with Gasteiger partial charge in [0.1, 0.15) is 0 Å². The number of allylic oxidation sites excluding steroid dienone is 1. The van der Waals surface area contributed by atoms with E-state index in [1.807, 2.05) is 0 Å². The minimum absolute atomic E-state index is 0.0645. The monoisotopic (exact) mass is 229 g/mol. The highest BCUT2D eigenvalue weighted by Gasteiger charge is 2.22. The normalized spacial score (nSPS) is 19.0. The molecular weight excluding hydrogens is 206 g/mol. The molecule has 0 unspecified atom stereocenters. The van der Waals surface area contributed by atoms with Crippen molar-refractivity contribution in [3.8, 4) is 0 Å². The van der Waals surface area contributed by atoms with Gasteiger partial charge in [-0.2, -0.15) is 0 Å². The van der Waals surface area contributed by atoms with Crippen LogP contribution in [-0.2, 0) is 0 Å². The topological polar surface area (TPSA) is 12.0 Å². The minimum Gasteiger partial charge on any atom is -0.376 e. The van der Waals surface area contributed by atoms with Crippen molar-refractivity contribution in [1.82, 2.24) is 0 Å². The third kappa shape index (κ3) is 2.38. The first kappa shape index (κ1) is 12.2. The Balaban J connectivity index is 2.44. The second-order valence-corrected chi connectivity index (χ2v) is 5.79. The van der Waals surface area contributed by atoms with Crippen LogP contribution in [0, 0.1) is 0 Å². The molecule has 1 nitrogen and oxygen atoms in total. The van der Waals surface area contributed by atoms with E-state index in [1.54, 1.807) is 0 Å². The van der Waals surface area contributed by atoms with Gasteiger partial charge in [0, 0.05) is 11.3 Å². The lowest BCUT2D eigenvalue weighted by Gasteiger charge is -2.32. The van der Waals surface area contributed by atoms with Crippen LogP contribution in [0.3, 0.4) is 0 Å². The molecule has 0 fully saturated rings. The second kappa shape index (κ2) is 4.21. The molecule has 1 heteroatoms. The maximum absolute atomic E-state index is 3.57. The maximum atomic E-state index is 3.57. The van der Waals surface area contributed by atoms with E-state index in [9.17, 15) is 0 Å². The fourth-order valence-electron chi connectivity index (χ4n) is 2.54. The smallest absolute Gasteiger partial charge is 0.0505 e.